The van der Waals surface area contributed by atoms with Gasteiger partial charge in [-0.05, 0) is 29.4 Å². The summed E-state index contributed by atoms with van der Waals surface area (Å²) in [7, 11) is 0. The van der Waals surface area contributed by atoms with Crippen LogP contribution in [-0.4, -0.2) is 11.7 Å². The van der Waals surface area contributed by atoms with E-state index in [1.807, 2.05) is 20.8 Å². The Labute approximate surface area is 101 Å². The number of hydrogen-bond donors (Lipinski definition) is 1. The molecule has 16 heavy (non-hydrogen) atoms. The van der Waals surface area contributed by atoms with Crippen molar-refractivity contribution in [3.63, 3.8) is 0 Å². The summed E-state index contributed by atoms with van der Waals surface area (Å²) < 4.78 is 13.7. The maximum atomic E-state index is 13.7. The van der Waals surface area contributed by atoms with Gasteiger partial charge in [0.2, 0.25) is 0 Å². The highest BCUT2D eigenvalue weighted by Gasteiger charge is 2.25. The summed E-state index contributed by atoms with van der Waals surface area (Å²) in [5.74, 6) is -0.340. The van der Waals surface area contributed by atoms with Gasteiger partial charge in [0.25, 0.3) is 0 Å². The van der Waals surface area contributed by atoms with Gasteiger partial charge in [0, 0.05) is 6.61 Å². The first-order chi connectivity index (χ1) is 7.36. The van der Waals surface area contributed by atoms with E-state index in [0.29, 0.717) is 12.0 Å². The highest BCUT2D eigenvalue weighted by Crippen LogP contribution is 2.30. The molecule has 0 heterocycles. The fraction of sp³-hybridized carbons (Fsp3) is 0.538. The lowest BCUT2D eigenvalue weighted by atomic mass is 9.78. The van der Waals surface area contributed by atoms with E-state index in [1.165, 1.54) is 6.07 Å². The summed E-state index contributed by atoms with van der Waals surface area (Å²) in [6.07, 6.45) is 0.506. The van der Waals surface area contributed by atoms with Crippen LogP contribution in [0.3, 0.4) is 0 Å². The van der Waals surface area contributed by atoms with E-state index in [2.05, 4.69) is 0 Å². The van der Waals surface area contributed by atoms with E-state index in [1.54, 1.807) is 12.1 Å². The summed E-state index contributed by atoms with van der Waals surface area (Å²) >= 11 is 5.72. The van der Waals surface area contributed by atoms with E-state index >= 15 is 0 Å². The Balaban J connectivity index is 2.91. The minimum atomic E-state index is -0.369. The van der Waals surface area contributed by atoms with Crippen LogP contribution in [0.15, 0.2) is 18.2 Å². The zero-order valence-corrected chi connectivity index (χ0v) is 10.7. The van der Waals surface area contributed by atoms with Crippen molar-refractivity contribution in [2.45, 2.75) is 27.2 Å². The van der Waals surface area contributed by atoms with Crippen molar-refractivity contribution in [2.75, 3.05) is 6.61 Å². The number of aliphatic hydroxyl groups excluding tert-OH is 1. The SMILES string of the molecule is CC(C)(C)C(CO)Cc1cccc(Cl)c1F. The third-order valence-corrected chi connectivity index (χ3v) is 3.23. The lowest BCUT2D eigenvalue weighted by Gasteiger charge is -2.29. The van der Waals surface area contributed by atoms with Crippen LogP contribution >= 0.6 is 11.6 Å². The molecule has 0 saturated heterocycles. The smallest absolute Gasteiger partial charge is 0.144 e. The third kappa shape index (κ3) is 3.19. The maximum Gasteiger partial charge on any atom is 0.144 e. The molecule has 3 heteroatoms. The van der Waals surface area contributed by atoms with Gasteiger partial charge in [-0.2, -0.15) is 0 Å². The number of aliphatic hydroxyl groups is 1. The largest absolute Gasteiger partial charge is 0.396 e. The summed E-state index contributed by atoms with van der Waals surface area (Å²) in [5.41, 5.74) is 0.519. The second-order valence-corrected chi connectivity index (χ2v) is 5.57. The molecule has 0 fully saturated rings. The van der Waals surface area contributed by atoms with Crippen LogP contribution in [0.1, 0.15) is 26.3 Å². The fourth-order valence-electron chi connectivity index (χ4n) is 1.62. The molecular weight excluding hydrogens is 227 g/mol. The summed E-state index contributed by atoms with van der Waals surface area (Å²) in [6.45, 7) is 6.17. The average molecular weight is 245 g/mol. The van der Waals surface area contributed by atoms with Gasteiger partial charge in [0.1, 0.15) is 5.82 Å². The van der Waals surface area contributed by atoms with E-state index in [0.717, 1.165) is 0 Å². The standard InChI is InChI=1S/C13H18ClFO/c1-13(2,3)10(8-16)7-9-5-4-6-11(14)12(9)15/h4-6,10,16H,7-8H2,1-3H3. The van der Waals surface area contributed by atoms with Crippen LogP contribution in [0.2, 0.25) is 5.02 Å². The van der Waals surface area contributed by atoms with E-state index in [-0.39, 0.29) is 28.8 Å². The van der Waals surface area contributed by atoms with Crippen LogP contribution in [-0.2, 0) is 6.42 Å². The Hall–Kier alpha value is -0.600. The van der Waals surface area contributed by atoms with Crippen molar-refractivity contribution in [1.82, 2.24) is 0 Å². The monoisotopic (exact) mass is 244 g/mol. The van der Waals surface area contributed by atoms with Gasteiger partial charge in [0.05, 0.1) is 5.02 Å². The quantitative estimate of drug-likeness (QED) is 0.860. The lowest BCUT2D eigenvalue weighted by Crippen LogP contribution is -2.26. The number of benzene rings is 1. The Bertz CT molecular complexity index is 357. The predicted octanol–water partition coefficient (Wildman–Crippen LogP) is 3.68. The highest BCUT2D eigenvalue weighted by atomic mass is 35.5. The molecule has 1 rings (SSSR count). The second kappa shape index (κ2) is 5.15. The van der Waals surface area contributed by atoms with Gasteiger partial charge in [-0.25, -0.2) is 4.39 Å². The molecule has 0 aliphatic carbocycles. The van der Waals surface area contributed by atoms with Gasteiger partial charge in [-0.3, -0.25) is 0 Å². The van der Waals surface area contributed by atoms with Gasteiger partial charge in [0.15, 0.2) is 0 Å². The van der Waals surface area contributed by atoms with Crippen LogP contribution in [0.25, 0.3) is 0 Å². The van der Waals surface area contributed by atoms with Gasteiger partial charge >= 0.3 is 0 Å². The van der Waals surface area contributed by atoms with Crippen molar-refractivity contribution in [1.29, 1.82) is 0 Å². The lowest BCUT2D eigenvalue weighted by molar-refractivity contribution is 0.130. The van der Waals surface area contributed by atoms with Crippen LogP contribution in [0.5, 0.6) is 0 Å². The predicted molar refractivity (Wildman–Crippen MR) is 65.1 cm³/mol. The van der Waals surface area contributed by atoms with Gasteiger partial charge in [-0.15, -0.1) is 0 Å². The highest BCUT2D eigenvalue weighted by molar-refractivity contribution is 6.30. The van der Waals surface area contributed by atoms with Crippen LogP contribution in [0.4, 0.5) is 4.39 Å². The molecule has 0 spiro atoms. The Morgan fingerprint density at radius 3 is 2.50 bits per heavy atom. The first-order valence-corrected chi connectivity index (χ1v) is 5.77. The topological polar surface area (TPSA) is 20.2 Å². The fourth-order valence-corrected chi connectivity index (χ4v) is 1.81. The number of hydrogen-bond acceptors (Lipinski definition) is 1. The van der Waals surface area contributed by atoms with Crippen molar-refractivity contribution in [2.24, 2.45) is 11.3 Å². The zero-order chi connectivity index (χ0) is 12.3. The molecule has 0 aliphatic rings. The Kier molecular flexibility index (Phi) is 4.34. The van der Waals surface area contributed by atoms with Gasteiger partial charge in [-0.1, -0.05) is 44.5 Å². The first-order valence-electron chi connectivity index (χ1n) is 5.40. The maximum absolute atomic E-state index is 13.7. The van der Waals surface area contributed by atoms with E-state index in [9.17, 15) is 9.50 Å². The molecule has 0 aliphatic heterocycles. The minimum Gasteiger partial charge on any atom is -0.396 e. The molecule has 0 amide bonds. The Morgan fingerprint density at radius 2 is 2.00 bits per heavy atom. The average Bonchev–Trinajstić information content (AvgIpc) is 2.18. The molecule has 1 unspecified atom stereocenters. The zero-order valence-electron chi connectivity index (χ0n) is 9.93. The first kappa shape index (κ1) is 13.5. The summed E-state index contributed by atoms with van der Waals surface area (Å²) in [6, 6.07) is 4.99. The van der Waals surface area contributed by atoms with Crippen molar-refractivity contribution in [3.8, 4) is 0 Å². The molecule has 90 valence electrons. The summed E-state index contributed by atoms with van der Waals surface area (Å²) in [4.78, 5) is 0. The third-order valence-electron chi connectivity index (χ3n) is 2.94. The van der Waals surface area contributed by atoms with Crippen molar-refractivity contribution in [3.05, 3.63) is 34.6 Å². The molecule has 1 nitrogen and oxygen atoms in total. The molecule has 0 radical (unpaired) electrons. The van der Waals surface area contributed by atoms with Crippen molar-refractivity contribution >= 4 is 11.6 Å². The summed E-state index contributed by atoms with van der Waals surface area (Å²) in [5, 5.41) is 9.47. The molecule has 1 N–H and O–H groups in total. The molecule has 0 saturated carbocycles. The molecule has 1 atom stereocenters. The van der Waals surface area contributed by atoms with Gasteiger partial charge < -0.3 is 5.11 Å². The van der Waals surface area contributed by atoms with Crippen molar-refractivity contribution < 1.29 is 9.50 Å². The Morgan fingerprint density at radius 1 is 1.38 bits per heavy atom. The van der Waals surface area contributed by atoms with Crippen LogP contribution in [0, 0.1) is 17.2 Å². The molecule has 1 aromatic carbocycles. The second-order valence-electron chi connectivity index (χ2n) is 5.16. The number of halogens is 2. The molecule has 1 aromatic rings. The van der Waals surface area contributed by atoms with E-state index < -0.39 is 0 Å². The molecule has 0 aromatic heterocycles. The number of rotatable bonds is 3. The van der Waals surface area contributed by atoms with E-state index in [4.69, 9.17) is 11.6 Å². The molecular formula is C13H18ClFO. The molecule has 0 bridgehead atoms. The normalized spacial score (nSPS) is 13.9. The van der Waals surface area contributed by atoms with Crippen LogP contribution < -0.4 is 0 Å². The minimum absolute atomic E-state index is 0.0282.